The molecule has 90 valence electrons. The second-order valence-electron chi connectivity index (χ2n) is 3.37. The van der Waals surface area contributed by atoms with E-state index in [0.29, 0.717) is 22.4 Å². The number of aromatic nitrogens is 1. The number of halogens is 1. The Morgan fingerprint density at radius 3 is 2.41 bits per heavy atom. The van der Waals surface area contributed by atoms with Gasteiger partial charge in [-0.1, -0.05) is 11.6 Å². The van der Waals surface area contributed by atoms with E-state index in [2.05, 4.69) is 4.98 Å². The number of pyridine rings is 1. The molecule has 0 aliphatic carbocycles. The largest absolute Gasteiger partial charge is 0.505 e. The highest BCUT2D eigenvalue weighted by molar-refractivity contribution is 6.32. The highest BCUT2D eigenvalue weighted by Crippen LogP contribution is 2.36. The van der Waals surface area contributed by atoms with Crippen LogP contribution in [0.25, 0.3) is 10.9 Å². The van der Waals surface area contributed by atoms with Gasteiger partial charge in [-0.15, -0.1) is 0 Å². The van der Waals surface area contributed by atoms with Gasteiger partial charge < -0.3 is 19.6 Å². The van der Waals surface area contributed by atoms with E-state index in [9.17, 15) is 9.90 Å². The quantitative estimate of drug-likeness (QED) is 0.860. The van der Waals surface area contributed by atoms with Gasteiger partial charge >= 0.3 is 0 Å². The average Bonchev–Trinajstić information content (AvgIpc) is 2.34. The maximum absolute atomic E-state index is 11.4. The van der Waals surface area contributed by atoms with Gasteiger partial charge in [0, 0.05) is 11.5 Å². The SMILES string of the molecule is COc1cc2[nH]c(=O)c(Cl)c(O)c2cc1OC. The normalized spacial score (nSPS) is 10.5. The van der Waals surface area contributed by atoms with Crippen molar-refractivity contribution in [3.63, 3.8) is 0 Å². The van der Waals surface area contributed by atoms with Gasteiger partial charge in [0.2, 0.25) is 0 Å². The summed E-state index contributed by atoms with van der Waals surface area (Å²) in [5.74, 6) is 0.627. The first kappa shape index (κ1) is 11.6. The van der Waals surface area contributed by atoms with Gasteiger partial charge in [0.1, 0.15) is 10.8 Å². The summed E-state index contributed by atoms with van der Waals surface area (Å²) < 4.78 is 10.2. The van der Waals surface area contributed by atoms with Crippen LogP contribution in [0.4, 0.5) is 0 Å². The molecular formula is C11H10ClNO4. The van der Waals surface area contributed by atoms with Gasteiger partial charge in [0.15, 0.2) is 11.5 Å². The lowest BCUT2D eigenvalue weighted by Gasteiger charge is -2.10. The standard InChI is InChI=1S/C11H10ClNO4/c1-16-7-3-5-6(4-8(7)17-2)13-11(15)9(12)10(5)14/h3-4H,1-2H3,(H2,13,14,15). The molecule has 2 rings (SSSR count). The molecule has 2 aromatic rings. The second-order valence-corrected chi connectivity index (χ2v) is 3.75. The molecule has 1 heterocycles. The summed E-state index contributed by atoms with van der Waals surface area (Å²) in [4.78, 5) is 13.9. The van der Waals surface area contributed by atoms with Crippen LogP contribution < -0.4 is 15.0 Å². The molecule has 5 nitrogen and oxygen atoms in total. The molecule has 0 saturated heterocycles. The molecule has 1 aromatic carbocycles. The van der Waals surface area contributed by atoms with Crippen molar-refractivity contribution in [2.24, 2.45) is 0 Å². The fourth-order valence-electron chi connectivity index (χ4n) is 1.58. The van der Waals surface area contributed by atoms with Crippen molar-refractivity contribution in [1.29, 1.82) is 0 Å². The van der Waals surface area contributed by atoms with E-state index < -0.39 is 5.56 Å². The molecule has 0 unspecified atom stereocenters. The smallest absolute Gasteiger partial charge is 0.271 e. The molecule has 0 fully saturated rings. The molecule has 0 bridgehead atoms. The summed E-state index contributed by atoms with van der Waals surface area (Å²) in [5, 5.41) is 9.92. The number of fused-ring (bicyclic) bond motifs is 1. The molecule has 0 saturated carbocycles. The van der Waals surface area contributed by atoms with Gasteiger partial charge in [0.25, 0.3) is 5.56 Å². The van der Waals surface area contributed by atoms with Crippen molar-refractivity contribution >= 4 is 22.5 Å². The van der Waals surface area contributed by atoms with Gasteiger partial charge in [-0.05, 0) is 6.07 Å². The Bertz CT molecular complexity index is 635. The van der Waals surface area contributed by atoms with Crippen molar-refractivity contribution in [2.75, 3.05) is 14.2 Å². The maximum atomic E-state index is 11.4. The lowest BCUT2D eigenvalue weighted by Crippen LogP contribution is -2.06. The summed E-state index contributed by atoms with van der Waals surface area (Å²) in [5.41, 5.74) is -0.126. The van der Waals surface area contributed by atoms with E-state index in [1.165, 1.54) is 14.2 Å². The topological polar surface area (TPSA) is 71.6 Å². The molecule has 0 amide bonds. The molecule has 0 atom stereocenters. The fourth-order valence-corrected chi connectivity index (χ4v) is 1.73. The highest BCUT2D eigenvalue weighted by atomic mass is 35.5. The summed E-state index contributed by atoms with van der Waals surface area (Å²) in [6, 6.07) is 3.11. The van der Waals surface area contributed by atoms with E-state index in [0.717, 1.165) is 0 Å². The van der Waals surface area contributed by atoms with E-state index in [4.69, 9.17) is 21.1 Å². The number of H-pyrrole nitrogens is 1. The average molecular weight is 256 g/mol. The van der Waals surface area contributed by atoms with Crippen LogP contribution in [0.1, 0.15) is 0 Å². The Balaban J connectivity index is 2.88. The molecule has 6 heteroatoms. The van der Waals surface area contributed by atoms with Crippen molar-refractivity contribution in [3.05, 3.63) is 27.5 Å². The minimum Gasteiger partial charge on any atom is -0.505 e. The zero-order chi connectivity index (χ0) is 12.6. The van der Waals surface area contributed by atoms with Crippen LogP contribution in [-0.2, 0) is 0 Å². The number of rotatable bonds is 2. The number of aromatic hydroxyl groups is 1. The summed E-state index contributed by atoms with van der Waals surface area (Å²) >= 11 is 5.66. The lowest BCUT2D eigenvalue weighted by atomic mass is 10.2. The maximum Gasteiger partial charge on any atom is 0.271 e. The number of methoxy groups -OCH3 is 2. The van der Waals surface area contributed by atoms with Crippen LogP contribution in [0, 0.1) is 0 Å². The predicted molar refractivity (Wildman–Crippen MR) is 64.3 cm³/mol. The zero-order valence-electron chi connectivity index (χ0n) is 9.20. The third-order valence-electron chi connectivity index (χ3n) is 2.43. The Kier molecular flexibility index (Phi) is 2.85. The van der Waals surface area contributed by atoms with Crippen molar-refractivity contribution in [3.8, 4) is 17.2 Å². The molecule has 17 heavy (non-hydrogen) atoms. The molecular weight excluding hydrogens is 246 g/mol. The summed E-state index contributed by atoms with van der Waals surface area (Å²) in [6.45, 7) is 0. The van der Waals surface area contributed by atoms with E-state index in [1.807, 2.05) is 0 Å². The minimum atomic E-state index is -0.552. The molecule has 0 aliphatic rings. The molecule has 0 radical (unpaired) electrons. The molecule has 0 spiro atoms. The molecule has 0 aliphatic heterocycles. The lowest BCUT2D eigenvalue weighted by molar-refractivity contribution is 0.355. The van der Waals surface area contributed by atoms with E-state index >= 15 is 0 Å². The Hall–Kier alpha value is -1.88. The fraction of sp³-hybridized carbons (Fsp3) is 0.182. The number of benzene rings is 1. The predicted octanol–water partition coefficient (Wildman–Crippen LogP) is 1.90. The minimum absolute atomic E-state index is 0.246. The first-order valence-corrected chi connectivity index (χ1v) is 5.12. The van der Waals surface area contributed by atoms with Gasteiger partial charge in [-0.2, -0.15) is 0 Å². The van der Waals surface area contributed by atoms with E-state index in [1.54, 1.807) is 12.1 Å². The number of hydrogen-bond donors (Lipinski definition) is 2. The second kappa shape index (κ2) is 4.18. The monoisotopic (exact) mass is 255 g/mol. The summed E-state index contributed by atoms with van der Waals surface area (Å²) in [6.07, 6.45) is 0. The Labute approximate surface area is 102 Å². The van der Waals surface area contributed by atoms with Gasteiger partial charge in [-0.25, -0.2) is 0 Å². The van der Waals surface area contributed by atoms with Gasteiger partial charge in [-0.3, -0.25) is 4.79 Å². The van der Waals surface area contributed by atoms with Gasteiger partial charge in [0.05, 0.1) is 19.7 Å². The van der Waals surface area contributed by atoms with E-state index in [-0.39, 0.29) is 10.8 Å². The molecule has 2 N–H and O–H groups in total. The Morgan fingerprint density at radius 2 is 1.82 bits per heavy atom. The Morgan fingerprint density at radius 1 is 1.24 bits per heavy atom. The van der Waals surface area contributed by atoms with Crippen LogP contribution in [0.3, 0.4) is 0 Å². The third kappa shape index (κ3) is 1.78. The summed E-state index contributed by atoms with van der Waals surface area (Å²) in [7, 11) is 2.96. The number of aromatic amines is 1. The van der Waals surface area contributed by atoms with Crippen LogP contribution in [0.2, 0.25) is 5.02 Å². The van der Waals surface area contributed by atoms with Crippen molar-refractivity contribution in [1.82, 2.24) is 4.98 Å². The highest BCUT2D eigenvalue weighted by Gasteiger charge is 2.13. The number of hydrogen-bond acceptors (Lipinski definition) is 4. The third-order valence-corrected chi connectivity index (χ3v) is 2.78. The van der Waals surface area contributed by atoms with Crippen LogP contribution in [0.15, 0.2) is 16.9 Å². The van der Waals surface area contributed by atoms with Crippen molar-refractivity contribution < 1.29 is 14.6 Å². The van der Waals surface area contributed by atoms with Crippen LogP contribution in [-0.4, -0.2) is 24.3 Å². The first-order valence-electron chi connectivity index (χ1n) is 4.75. The number of nitrogens with one attached hydrogen (secondary N) is 1. The van der Waals surface area contributed by atoms with Crippen molar-refractivity contribution in [2.45, 2.75) is 0 Å². The molecule has 1 aromatic heterocycles. The zero-order valence-corrected chi connectivity index (χ0v) is 9.96. The van der Waals surface area contributed by atoms with Crippen LogP contribution >= 0.6 is 11.6 Å². The number of ether oxygens (including phenoxy) is 2. The van der Waals surface area contributed by atoms with Crippen LogP contribution in [0.5, 0.6) is 17.2 Å². The first-order chi connectivity index (χ1) is 8.08.